The Labute approximate surface area is 164 Å². The van der Waals surface area contributed by atoms with Crippen LogP contribution in [0.15, 0.2) is 91.0 Å². The second-order valence-corrected chi connectivity index (χ2v) is 7.82. The molecule has 0 bridgehead atoms. The lowest BCUT2D eigenvalue weighted by molar-refractivity contribution is -0.503. The van der Waals surface area contributed by atoms with E-state index >= 15 is 0 Å². The van der Waals surface area contributed by atoms with Gasteiger partial charge in [-0.25, -0.2) is 0 Å². The van der Waals surface area contributed by atoms with Crippen molar-refractivity contribution in [2.24, 2.45) is 11.8 Å². The van der Waals surface area contributed by atoms with E-state index in [2.05, 4.69) is 77.7 Å². The number of hydrogen-bond acceptors (Lipinski definition) is 3. The third-order valence-corrected chi connectivity index (χ3v) is 6.44. The highest BCUT2D eigenvalue weighted by Crippen LogP contribution is 2.53. The lowest BCUT2D eigenvalue weighted by Gasteiger charge is -2.44. The fraction of sp³-hybridized carbons (Fsp3) is 0.250. The van der Waals surface area contributed by atoms with E-state index in [1.807, 2.05) is 18.2 Å². The predicted molar refractivity (Wildman–Crippen MR) is 109 cm³/mol. The van der Waals surface area contributed by atoms with Gasteiger partial charge in [0.15, 0.2) is 0 Å². The Bertz CT molecular complexity index is 867. The Morgan fingerprint density at radius 2 is 1.07 bits per heavy atom. The van der Waals surface area contributed by atoms with E-state index in [-0.39, 0.29) is 22.8 Å². The largest absolute Gasteiger partial charge is 0.285 e. The third kappa shape index (κ3) is 2.49. The quantitative estimate of drug-likeness (QED) is 0.384. The van der Waals surface area contributed by atoms with Crippen molar-refractivity contribution in [2.45, 2.75) is 11.6 Å². The smallest absolute Gasteiger partial charge is 0.222 e. The Morgan fingerprint density at radius 3 is 1.39 bits per heavy atom. The van der Waals surface area contributed by atoms with E-state index < -0.39 is 5.54 Å². The topological polar surface area (TPSA) is 46.4 Å². The van der Waals surface area contributed by atoms with Gasteiger partial charge in [0.25, 0.3) is 0 Å². The molecule has 140 valence electrons. The summed E-state index contributed by atoms with van der Waals surface area (Å²) >= 11 is 0. The van der Waals surface area contributed by atoms with Crippen molar-refractivity contribution in [1.29, 1.82) is 0 Å². The van der Waals surface area contributed by atoms with Crippen LogP contribution in [0.3, 0.4) is 0 Å². The van der Waals surface area contributed by atoms with E-state index in [0.717, 1.165) is 13.1 Å². The van der Waals surface area contributed by atoms with Gasteiger partial charge in [0.05, 0.1) is 17.4 Å². The minimum atomic E-state index is -0.446. The molecule has 0 N–H and O–H groups in total. The minimum absolute atomic E-state index is 0.0814. The monoisotopic (exact) mass is 370 g/mol. The van der Waals surface area contributed by atoms with Crippen LogP contribution in [0.5, 0.6) is 0 Å². The summed E-state index contributed by atoms with van der Waals surface area (Å²) in [6.45, 7) is 1.49. The number of fused-ring (bicyclic) bond motifs is 1. The zero-order chi connectivity index (χ0) is 19.1. The maximum absolute atomic E-state index is 11.3. The summed E-state index contributed by atoms with van der Waals surface area (Å²) in [7, 11) is 0. The van der Waals surface area contributed by atoms with Gasteiger partial charge in [-0.1, -0.05) is 91.0 Å². The average Bonchev–Trinajstić information content (AvgIpc) is 3.27. The molecule has 2 aliphatic rings. The van der Waals surface area contributed by atoms with Gasteiger partial charge < -0.3 is 0 Å². The molecule has 0 amide bonds. The number of piperidine rings is 1. The van der Waals surface area contributed by atoms with Crippen LogP contribution in [0.2, 0.25) is 0 Å². The molecule has 4 nitrogen and oxygen atoms in total. The molecule has 1 saturated carbocycles. The molecule has 0 aromatic heterocycles. The molecule has 2 unspecified atom stereocenters. The zero-order valence-corrected chi connectivity index (χ0v) is 15.5. The highest BCUT2D eigenvalue weighted by Gasteiger charge is 2.67. The van der Waals surface area contributed by atoms with Gasteiger partial charge in [0.1, 0.15) is 0 Å². The molecule has 1 aliphatic heterocycles. The summed E-state index contributed by atoms with van der Waals surface area (Å²) in [5, 5.41) is 11.3. The normalized spacial score (nSPS) is 23.9. The summed E-state index contributed by atoms with van der Waals surface area (Å²) in [5.41, 5.74) is 3.15. The van der Waals surface area contributed by atoms with Crippen molar-refractivity contribution < 1.29 is 4.92 Å². The zero-order valence-electron chi connectivity index (χ0n) is 15.5. The Balaban J connectivity index is 1.69. The lowest BCUT2D eigenvalue weighted by atomic mass is 9.75. The molecular weight excluding hydrogens is 348 g/mol. The number of likely N-dealkylation sites (tertiary alicyclic amines) is 1. The third-order valence-electron chi connectivity index (χ3n) is 6.44. The van der Waals surface area contributed by atoms with Gasteiger partial charge in [0.2, 0.25) is 6.04 Å². The minimum Gasteiger partial charge on any atom is -0.285 e. The van der Waals surface area contributed by atoms with Gasteiger partial charge in [0, 0.05) is 18.0 Å². The molecule has 5 rings (SSSR count). The average molecular weight is 370 g/mol. The molecule has 1 saturated heterocycles. The maximum atomic E-state index is 11.3. The fourth-order valence-corrected chi connectivity index (χ4v) is 5.17. The van der Waals surface area contributed by atoms with Crippen molar-refractivity contribution in [2.75, 3.05) is 13.1 Å². The Hall–Kier alpha value is -2.98. The molecule has 3 aromatic carbocycles. The summed E-state index contributed by atoms with van der Waals surface area (Å²) in [6, 6.07) is 31.3. The first kappa shape index (κ1) is 17.1. The molecule has 1 aliphatic carbocycles. The fourth-order valence-electron chi connectivity index (χ4n) is 5.17. The summed E-state index contributed by atoms with van der Waals surface area (Å²) in [6.07, 6.45) is 0. The van der Waals surface area contributed by atoms with E-state index in [9.17, 15) is 10.1 Å². The Kier molecular flexibility index (Phi) is 4.02. The van der Waals surface area contributed by atoms with E-state index in [1.165, 1.54) is 16.7 Å². The van der Waals surface area contributed by atoms with Crippen LogP contribution in [-0.2, 0) is 5.54 Å². The summed E-state index contributed by atoms with van der Waals surface area (Å²) < 4.78 is 0. The highest BCUT2D eigenvalue weighted by atomic mass is 16.6. The van der Waals surface area contributed by atoms with Gasteiger partial charge in [-0.3, -0.25) is 15.0 Å². The number of nitrogens with zero attached hydrogens (tertiary/aromatic N) is 2. The van der Waals surface area contributed by atoms with Crippen molar-refractivity contribution in [3.8, 4) is 0 Å². The molecule has 2 fully saturated rings. The molecular formula is C24H22N2O2. The van der Waals surface area contributed by atoms with Crippen LogP contribution in [0.4, 0.5) is 0 Å². The maximum Gasteiger partial charge on any atom is 0.222 e. The van der Waals surface area contributed by atoms with Crippen LogP contribution < -0.4 is 0 Å². The molecule has 1 heterocycles. The van der Waals surface area contributed by atoms with E-state index in [0.29, 0.717) is 0 Å². The second-order valence-electron chi connectivity index (χ2n) is 7.82. The second kappa shape index (κ2) is 6.57. The van der Waals surface area contributed by atoms with Crippen LogP contribution in [0.25, 0.3) is 0 Å². The first-order valence-corrected chi connectivity index (χ1v) is 9.78. The summed E-state index contributed by atoms with van der Waals surface area (Å²) in [5.74, 6) is 0.316. The first-order chi connectivity index (χ1) is 13.7. The number of hydrogen-bond donors (Lipinski definition) is 0. The predicted octanol–water partition coefficient (Wildman–Crippen LogP) is 4.19. The van der Waals surface area contributed by atoms with Gasteiger partial charge in [-0.05, 0) is 16.7 Å². The lowest BCUT2D eigenvalue weighted by Crippen LogP contribution is -2.48. The van der Waals surface area contributed by atoms with Gasteiger partial charge in [-0.15, -0.1) is 0 Å². The molecule has 0 radical (unpaired) electrons. The van der Waals surface area contributed by atoms with Crippen LogP contribution in [0.1, 0.15) is 16.7 Å². The van der Waals surface area contributed by atoms with Crippen molar-refractivity contribution in [1.82, 2.24) is 4.90 Å². The molecule has 3 aromatic rings. The number of nitro groups is 1. The number of benzene rings is 3. The highest BCUT2D eigenvalue weighted by molar-refractivity contribution is 5.50. The first-order valence-electron chi connectivity index (χ1n) is 9.78. The van der Waals surface area contributed by atoms with Crippen molar-refractivity contribution in [3.63, 3.8) is 0 Å². The van der Waals surface area contributed by atoms with Crippen molar-refractivity contribution >= 4 is 0 Å². The molecule has 4 heteroatoms. The van der Waals surface area contributed by atoms with Crippen LogP contribution >= 0.6 is 0 Å². The standard InChI is InChI=1S/C24H22N2O2/c27-26(28)23-21-16-25(17-22(21)23)24(18-10-4-1-5-11-18,19-12-6-2-7-13-19)20-14-8-3-9-15-20/h1-15,21-23H,16-17H2. The molecule has 28 heavy (non-hydrogen) atoms. The van der Waals surface area contributed by atoms with Crippen LogP contribution in [-0.4, -0.2) is 29.0 Å². The van der Waals surface area contributed by atoms with Gasteiger partial charge >= 0.3 is 0 Å². The Morgan fingerprint density at radius 1 is 0.714 bits per heavy atom. The van der Waals surface area contributed by atoms with E-state index in [1.54, 1.807) is 0 Å². The summed E-state index contributed by atoms with van der Waals surface area (Å²) in [4.78, 5) is 13.7. The molecule has 2 atom stereocenters. The van der Waals surface area contributed by atoms with Crippen LogP contribution in [0, 0.1) is 22.0 Å². The van der Waals surface area contributed by atoms with E-state index in [4.69, 9.17) is 0 Å². The SMILES string of the molecule is O=[N+]([O-])C1C2CN(C(c3ccccc3)(c3ccccc3)c3ccccc3)CC21. The van der Waals surface area contributed by atoms with Crippen molar-refractivity contribution in [3.05, 3.63) is 118 Å². The van der Waals surface area contributed by atoms with Gasteiger partial charge in [-0.2, -0.15) is 0 Å². The molecule has 0 spiro atoms. The number of rotatable bonds is 5.